The summed E-state index contributed by atoms with van der Waals surface area (Å²) in [5, 5.41) is 12.7. The minimum atomic E-state index is 0.0991. The van der Waals surface area contributed by atoms with Crippen LogP contribution in [0.4, 0.5) is 0 Å². The van der Waals surface area contributed by atoms with E-state index in [4.69, 9.17) is 5.11 Å². The molecule has 0 aliphatic carbocycles. The molecule has 0 bridgehead atoms. The molecule has 2 heteroatoms. The maximum absolute atomic E-state index is 9.15. The van der Waals surface area contributed by atoms with Gasteiger partial charge in [0.15, 0.2) is 0 Å². The Hall–Kier alpha value is -1.64. The highest BCUT2D eigenvalue weighted by Crippen LogP contribution is 2.15. The van der Waals surface area contributed by atoms with E-state index in [-0.39, 0.29) is 6.61 Å². The molecule has 0 heterocycles. The van der Waals surface area contributed by atoms with E-state index in [0.717, 1.165) is 18.5 Å². The first-order chi connectivity index (χ1) is 9.72. The van der Waals surface area contributed by atoms with Crippen LogP contribution in [-0.2, 0) is 19.6 Å². The normalized spacial score (nSPS) is 12.3. The molecule has 0 spiro atoms. The van der Waals surface area contributed by atoms with Crippen LogP contribution in [-0.4, -0.2) is 5.11 Å². The highest BCUT2D eigenvalue weighted by molar-refractivity contribution is 5.26. The van der Waals surface area contributed by atoms with Crippen molar-refractivity contribution in [3.05, 3.63) is 70.8 Å². The Morgan fingerprint density at radius 3 is 2.35 bits per heavy atom. The Kier molecular flexibility index (Phi) is 5.33. The van der Waals surface area contributed by atoms with Gasteiger partial charge in [0.25, 0.3) is 0 Å². The van der Waals surface area contributed by atoms with E-state index in [1.165, 1.54) is 16.7 Å². The summed E-state index contributed by atoms with van der Waals surface area (Å²) in [6, 6.07) is 17.2. The maximum atomic E-state index is 9.15. The molecule has 2 aromatic carbocycles. The number of aryl methyl sites for hydroxylation is 1. The van der Waals surface area contributed by atoms with Crippen molar-refractivity contribution in [3.8, 4) is 0 Å². The van der Waals surface area contributed by atoms with Gasteiger partial charge >= 0.3 is 0 Å². The van der Waals surface area contributed by atoms with Crippen molar-refractivity contribution in [2.24, 2.45) is 0 Å². The molecule has 1 unspecified atom stereocenters. The van der Waals surface area contributed by atoms with Crippen LogP contribution in [0.15, 0.2) is 48.5 Å². The molecule has 0 amide bonds. The molecule has 2 nitrogen and oxygen atoms in total. The van der Waals surface area contributed by atoms with E-state index in [0.29, 0.717) is 6.04 Å². The van der Waals surface area contributed by atoms with E-state index in [9.17, 15) is 0 Å². The largest absolute Gasteiger partial charge is 0.392 e. The number of hydrogen-bond donors (Lipinski definition) is 2. The molecule has 106 valence electrons. The topological polar surface area (TPSA) is 32.3 Å². The highest BCUT2D eigenvalue weighted by Gasteiger charge is 2.05. The molecule has 20 heavy (non-hydrogen) atoms. The summed E-state index contributed by atoms with van der Waals surface area (Å²) in [5.74, 6) is 0. The van der Waals surface area contributed by atoms with Gasteiger partial charge in [-0.05, 0) is 35.6 Å². The zero-order valence-corrected chi connectivity index (χ0v) is 12.3. The summed E-state index contributed by atoms with van der Waals surface area (Å²) >= 11 is 0. The Bertz CT molecular complexity index is 533. The van der Waals surface area contributed by atoms with E-state index in [1.807, 2.05) is 18.2 Å². The van der Waals surface area contributed by atoms with Crippen molar-refractivity contribution < 1.29 is 5.11 Å². The summed E-state index contributed by atoms with van der Waals surface area (Å²) in [5.41, 5.74) is 4.84. The third-order valence-electron chi connectivity index (χ3n) is 3.67. The fourth-order valence-corrected chi connectivity index (χ4v) is 2.27. The summed E-state index contributed by atoms with van der Waals surface area (Å²) < 4.78 is 0. The van der Waals surface area contributed by atoms with Crippen molar-refractivity contribution in [1.29, 1.82) is 0 Å². The van der Waals surface area contributed by atoms with E-state index in [1.54, 1.807) is 0 Å². The molecule has 0 aliphatic heterocycles. The fraction of sp³-hybridized carbons (Fsp3) is 0.333. The average molecular weight is 269 g/mol. The van der Waals surface area contributed by atoms with Gasteiger partial charge in [-0.2, -0.15) is 0 Å². The minimum Gasteiger partial charge on any atom is -0.392 e. The SMILES string of the molecule is CCc1ccc(C(C)NCc2cccc(CO)c2)cc1. The second-order valence-corrected chi connectivity index (χ2v) is 5.18. The van der Waals surface area contributed by atoms with E-state index < -0.39 is 0 Å². The van der Waals surface area contributed by atoms with Crippen molar-refractivity contribution in [1.82, 2.24) is 5.32 Å². The van der Waals surface area contributed by atoms with Crippen LogP contribution in [0.5, 0.6) is 0 Å². The Balaban J connectivity index is 1.95. The fourth-order valence-electron chi connectivity index (χ4n) is 2.27. The molecule has 2 N–H and O–H groups in total. The maximum Gasteiger partial charge on any atom is 0.0681 e. The Labute approximate surface area is 121 Å². The zero-order valence-electron chi connectivity index (χ0n) is 12.3. The van der Waals surface area contributed by atoms with Gasteiger partial charge in [-0.25, -0.2) is 0 Å². The lowest BCUT2D eigenvalue weighted by molar-refractivity contribution is 0.281. The predicted octanol–water partition coefficient (Wildman–Crippen LogP) is 3.59. The molecular weight excluding hydrogens is 246 g/mol. The lowest BCUT2D eigenvalue weighted by Crippen LogP contribution is -2.18. The average Bonchev–Trinajstić information content (AvgIpc) is 2.53. The summed E-state index contributed by atoms with van der Waals surface area (Å²) in [6.45, 7) is 5.26. The second-order valence-electron chi connectivity index (χ2n) is 5.18. The molecule has 1 atom stereocenters. The molecule has 0 aromatic heterocycles. The van der Waals surface area contributed by atoms with Crippen LogP contribution in [0.25, 0.3) is 0 Å². The minimum absolute atomic E-state index is 0.0991. The summed E-state index contributed by atoms with van der Waals surface area (Å²) in [7, 11) is 0. The molecule has 2 rings (SSSR count). The smallest absolute Gasteiger partial charge is 0.0681 e. The van der Waals surface area contributed by atoms with E-state index in [2.05, 4.69) is 49.5 Å². The number of nitrogens with one attached hydrogen (secondary N) is 1. The first kappa shape index (κ1) is 14.8. The van der Waals surface area contributed by atoms with Crippen molar-refractivity contribution in [3.63, 3.8) is 0 Å². The Morgan fingerprint density at radius 1 is 1.00 bits per heavy atom. The quantitative estimate of drug-likeness (QED) is 0.840. The second kappa shape index (κ2) is 7.22. The molecular formula is C18H23NO. The van der Waals surface area contributed by atoms with Crippen molar-refractivity contribution >= 4 is 0 Å². The lowest BCUT2D eigenvalue weighted by Gasteiger charge is -2.15. The monoisotopic (exact) mass is 269 g/mol. The van der Waals surface area contributed by atoms with Crippen LogP contribution >= 0.6 is 0 Å². The van der Waals surface area contributed by atoms with Gasteiger partial charge in [-0.3, -0.25) is 0 Å². The van der Waals surface area contributed by atoms with Crippen LogP contribution in [0.3, 0.4) is 0 Å². The van der Waals surface area contributed by atoms with Crippen molar-refractivity contribution in [2.45, 2.75) is 39.5 Å². The van der Waals surface area contributed by atoms with Gasteiger partial charge in [0.05, 0.1) is 6.61 Å². The van der Waals surface area contributed by atoms with Crippen LogP contribution in [0, 0.1) is 0 Å². The van der Waals surface area contributed by atoms with Crippen LogP contribution in [0.2, 0.25) is 0 Å². The third kappa shape index (κ3) is 3.92. The van der Waals surface area contributed by atoms with Crippen LogP contribution < -0.4 is 5.32 Å². The molecule has 0 radical (unpaired) electrons. The zero-order chi connectivity index (χ0) is 14.4. The summed E-state index contributed by atoms with van der Waals surface area (Å²) in [6.07, 6.45) is 1.08. The van der Waals surface area contributed by atoms with Gasteiger partial charge < -0.3 is 10.4 Å². The van der Waals surface area contributed by atoms with Gasteiger partial charge in [-0.1, -0.05) is 55.5 Å². The number of aliphatic hydroxyl groups is 1. The number of hydrogen-bond acceptors (Lipinski definition) is 2. The van der Waals surface area contributed by atoms with Crippen molar-refractivity contribution in [2.75, 3.05) is 0 Å². The van der Waals surface area contributed by atoms with E-state index >= 15 is 0 Å². The summed E-state index contributed by atoms with van der Waals surface area (Å²) in [4.78, 5) is 0. The van der Waals surface area contributed by atoms with Gasteiger partial charge in [0.2, 0.25) is 0 Å². The number of benzene rings is 2. The molecule has 0 fully saturated rings. The first-order valence-corrected chi connectivity index (χ1v) is 7.23. The number of aliphatic hydroxyl groups excluding tert-OH is 1. The van der Waals surface area contributed by atoms with Crippen LogP contribution in [0.1, 0.15) is 42.1 Å². The van der Waals surface area contributed by atoms with Gasteiger partial charge in [0.1, 0.15) is 0 Å². The standard InChI is InChI=1S/C18H23NO/c1-3-15-7-9-18(10-8-15)14(2)19-12-16-5-4-6-17(11-16)13-20/h4-11,14,19-20H,3,12-13H2,1-2H3. The first-order valence-electron chi connectivity index (χ1n) is 7.23. The highest BCUT2D eigenvalue weighted by atomic mass is 16.3. The predicted molar refractivity (Wildman–Crippen MR) is 83.4 cm³/mol. The van der Waals surface area contributed by atoms with Gasteiger partial charge in [0, 0.05) is 12.6 Å². The lowest BCUT2D eigenvalue weighted by atomic mass is 10.0. The molecule has 0 aliphatic rings. The molecule has 0 saturated carbocycles. The Morgan fingerprint density at radius 2 is 1.70 bits per heavy atom. The number of rotatable bonds is 6. The van der Waals surface area contributed by atoms with Gasteiger partial charge in [-0.15, -0.1) is 0 Å². The molecule has 0 saturated heterocycles. The molecule has 2 aromatic rings. The third-order valence-corrected chi connectivity index (χ3v) is 3.67.